The molecule has 1 heterocycles. The summed E-state index contributed by atoms with van der Waals surface area (Å²) in [6, 6.07) is 5.77. The summed E-state index contributed by atoms with van der Waals surface area (Å²) in [5, 5.41) is 2.60. The van der Waals surface area contributed by atoms with Gasteiger partial charge in [0, 0.05) is 18.7 Å². The van der Waals surface area contributed by atoms with Crippen LogP contribution in [0.2, 0.25) is 0 Å². The van der Waals surface area contributed by atoms with Crippen LogP contribution < -0.4 is 10.2 Å². The van der Waals surface area contributed by atoms with Gasteiger partial charge >= 0.3 is 6.03 Å². The minimum Gasteiger partial charge on any atom is -0.336 e. The smallest absolute Gasteiger partial charge is 0.324 e. The van der Waals surface area contributed by atoms with Crippen LogP contribution in [0.3, 0.4) is 0 Å². The van der Waals surface area contributed by atoms with E-state index in [1.807, 2.05) is 7.05 Å². The zero-order valence-electron chi connectivity index (χ0n) is 11.6. The molecular formula is C14H19FN3O2+. The van der Waals surface area contributed by atoms with E-state index in [9.17, 15) is 14.0 Å². The number of halogens is 1. The van der Waals surface area contributed by atoms with Crippen molar-refractivity contribution in [3.63, 3.8) is 0 Å². The zero-order valence-corrected chi connectivity index (χ0v) is 11.6. The minimum absolute atomic E-state index is 0.228. The first-order valence-corrected chi connectivity index (χ1v) is 6.65. The van der Waals surface area contributed by atoms with Crippen molar-refractivity contribution < 1.29 is 18.9 Å². The fraction of sp³-hybridized carbons (Fsp3) is 0.429. The Hall–Kier alpha value is -1.95. The molecule has 1 aliphatic heterocycles. The minimum atomic E-state index is -0.404. The number of carbonyl (C=O) groups excluding carboxylic acids is 2. The number of quaternary nitrogens is 1. The number of imide groups is 1. The SMILES string of the molecule is C[C@H](C(=O)N1CCNC1=O)[NH+](C)Cc1ccccc1F. The van der Waals surface area contributed by atoms with Gasteiger partial charge < -0.3 is 10.2 Å². The first-order chi connectivity index (χ1) is 9.50. The Balaban J connectivity index is 2.01. The molecule has 1 aliphatic rings. The van der Waals surface area contributed by atoms with Crippen LogP contribution in [-0.4, -0.2) is 43.0 Å². The van der Waals surface area contributed by atoms with Crippen molar-refractivity contribution in [2.45, 2.75) is 19.5 Å². The van der Waals surface area contributed by atoms with Gasteiger partial charge in [0.15, 0.2) is 6.04 Å². The second-order valence-corrected chi connectivity index (χ2v) is 5.06. The lowest BCUT2D eigenvalue weighted by atomic mass is 10.1. The van der Waals surface area contributed by atoms with E-state index in [4.69, 9.17) is 0 Å². The van der Waals surface area contributed by atoms with Gasteiger partial charge in [-0.1, -0.05) is 18.2 Å². The van der Waals surface area contributed by atoms with E-state index < -0.39 is 6.04 Å². The van der Waals surface area contributed by atoms with Crippen LogP contribution in [0.1, 0.15) is 12.5 Å². The highest BCUT2D eigenvalue weighted by atomic mass is 19.1. The van der Waals surface area contributed by atoms with E-state index in [0.29, 0.717) is 25.2 Å². The summed E-state index contributed by atoms with van der Waals surface area (Å²) in [7, 11) is 1.82. The van der Waals surface area contributed by atoms with E-state index in [2.05, 4.69) is 5.32 Å². The maximum absolute atomic E-state index is 13.6. The topological polar surface area (TPSA) is 53.9 Å². The van der Waals surface area contributed by atoms with Gasteiger partial charge in [-0.2, -0.15) is 0 Å². The summed E-state index contributed by atoms with van der Waals surface area (Å²) in [5.41, 5.74) is 0.565. The van der Waals surface area contributed by atoms with Crippen LogP contribution in [0.5, 0.6) is 0 Å². The number of carbonyl (C=O) groups is 2. The van der Waals surface area contributed by atoms with Crippen molar-refractivity contribution in [1.82, 2.24) is 10.2 Å². The predicted molar refractivity (Wildman–Crippen MR) is 71.6 cm³/mol. The second kappa shape index (κ2) is 6.00. The summed E-state index contributed by atoms with van der Waals surface area (Å²) < 4.78 is 13.6. The molecule has 0 aromatic heterocycles. The van der Waals surface area contributed by atoms with Crippen LogP contribution in [0, 0.1) is 5.82 Å². The number of urea groups is 1. The molecule has 2 N–H and O–H groups in total. The molecule has 3 amide bonds. The molecule has 6 heteroatoms. The summed E-state index contributed by atoms with van der Waals surface area (Å²) in [5.74, 6) is -0.501. The van der Waals surface area contributed by atoms with Crippen molar-refractivity contribution >= 4 is 11.9 Å². The van der Waals surface area contributed by atoms with Crippen molar-refractivity contribution in [2.75, 3.05) is 20.1 Å². The lowest BCUT2D eigenvalue weighted by Crippen LogP contribution is -3.12. The average Bonchev–Trinajstić information content (AvgIpc) is 2.86. The fourth-order valence-electron chi connectivity index (χ4n) is 2.22. The number of nitrogens with zero attached hydrogens (tertiary/aromatic N) is 1. The van der Waals surface area contributed by atoms with E-state index in [0.717, 1.165) is 4.90 Å². The van der Waals surface area contributed by atoms with Gasteiger partial charge in [0.25, 0.3) is 5.91 Å². The number of hydrogen-bond acceptors (Lipinski definition) is 2. The number of likely N-dealkylation sites (N-methyl/N-ethyl adjacent to an activating group) is 1. The van der Waals surface area contributed by atoms with Gasteiger partial charge in [-0.25, -0.2) is 9.18 Å². The highest BCUT2D eigenvalue weighted by molar-refractivity contribution is 5.97. The molecule has 108 valence electrons. The van der Waals surface area contributed by atoms with Gasteiger partial charge in [-0.15, -0.1) is 0 Å². The van der Waals surface area contributed by atoms with Gasteiger partial charge in [0.1, 0.15) is 12.4 Å². The molecule has 1 aromatic rings. The van der Waals surface area contributed by atoms with Crippen molar-refractivity contribution in [3.8, 4) is 0 Å². The summed E-state index contributed by atoms with van der Waals surface area (Å²) in [4.78, 5) is 25.8. The molecule has 2 atom stereocenters. The van der Waals surface area contributed by atoms with Gasteiger partial charge in [0.05, 0.1) is 7.05 Å². The predicted octanol–water partition coefficient (Wildman–Crippen LogP) is -0.219. The van der Waals surface area contributed by atoms with Gasteiger partial charge in [0.2, 0.25) is 0 Å². The first-order valence-electron chi connectivity index (χ1n) is 6.65. The molecule has 2 rings (SSSR count). The quantitative estimate of drug-likeness (QED) is 0.801. The van der Waals surface area contributed by atoms with Crippen LogP contribution in [0.4, 0.5) is 9.18 Å². The first kappa shape index (κ1) is 14.5. The van der Waals surface area contributed by atoms with E-state index >= 15 is 0 Å². The molecule has 0 radical (unpaired) electrons. The Morgan fingerprint density at radius 2 is 2.20 bits per heavy atom. The number of nitrogens with one attached hydrogen (secondary N) is 2. The number of hydrogen-bond donors (Lipinski definition) is 2. The summed E-state index contributed by atoms with van der Waals surface area (Å²) >= 11 is 0. The molecule has 1 aromatic carbocycles. The Bertz CT molecular complexity index is 521. The molecule has 1 unspecified atom stereocenters. The molecular weight excluding hydrogens is 261 g/mol. The Labute approximate surface area is 117 Å². The summed E-state index contributed by atoms with van der Waals surface area (Å²) in [6.07, 6.45) is 0. The molecule has 0 spiro atoms. The lowest BCUT2D eigenvalue weighted by molar-refractivity contribution is -0.908. The van der Waals surface area contributed by atoms with E-state index in [1.165, 1.54) is 11.0 Å². The maximum Gasteiger partial charge on any atom is 0.324 e. The molecule has 0 bridgehead atoms. The summed E-state index contributed by atoms with van der Waals surface area (Å²) in [6.45, 7) is 3.04. The molecule has 20 heavy (non-hydrogen) atoms. The average molecular weight is 280 g/mol. The third-order valence-electron chi connectivity index (χ3n) is 3.66. The number of benzene rings is 1. The Morgan fingerprint density at radius 3 is 2.80 bits per heavy atom. The zero-order chi connectivity index (χ0) is 14.7. The third-order valence-corrected chi connectivity index (χ3v) is 3.66. The largest absolute Gasteiger partial charge is 0.336 e. The number of rotatable bonds is 4. The van der Waals surface area contributed by atoms with Crippen molar-refractivity contribution in [3.05, 3.63) is 35.6 Å². The van der Waals surface area contributed by atoms with E-state index in [1.54, 1.807) is 25.1 Å². The van der Waals surface area contributed by atoms with Crippen LogP contribution >= 0.6 is 0 Å². The molecule has 1 fully saturated rings. The van der Waals surface area contributed by atoms with E-state index in [-0.39, 0.29) is 17.8 Å². The molecule has 0 saturated carbocycles. The molecule has 0 aliphatic carbocycles. The normalized spacial score (nSPS) is 17.8. The standard InChI is InChI=1S/C14H18FN3O2/c1-10(13(19)18-8-7-16-14(18)20)17(2)9-11-5-3-4-6-12(11)15/h3-6,10H,7-9H2,1-2H3,(H,16,20)/p+1/t10-/m1/s1. The van der Waals surface area contributed by atoms with Crippen LogP contribution in [0.15, 0.2) is 24.3 Å². The van der Waals surface area contributed by atoms with Gasteiger partial charge in [-0.05, 0) is 13.0 Å². The highest BCUT2D eigenvalue weighted by Crippen LogP contribution is 2.05. The second-order valence-electron chi connectivity index (χ2n) is 5.06. The van der Waals surface area contributed by atoms with Crippen LogP contribution in [-0.2, 0) is 11.3 Å². The monoisotopic (exact) mass is 280 g/mol. The molecule has 1 saturated heterocycles. The number of amides is 3. The Kier molecular flexibility index (Phi) is 4.34. The Morgan fingerprint density at radius 1 is 1.50 bits per heavy atom. The third kappa shape index (κ3) is 2.96. The lowest BCUT2D eigenvalue weighted by Gasteiger charge is -2.24. The molecule has 5 nitrogen and oxygen atoms in total. The fourth-order valence-corrected chi connectivity index (χ4v) is 2.22. The van der Waals surface area contributed by atoms with Crippen molar-refractivity contribution in [2.24, 2.45) is 0 Å². The highest BCUT2D eigenvalue weighted by Gasteiger charge is 2.33. The van der Waals surface area contributed by atoms with Crippen molar-refractivity contribution in [1.29, 1.82) is 0 Å². The maximum atomic E-state index is 13.6. The van der Waals surface area contributed by atoms with Crippen LogP contribution in [0.25, 0.3) is 0 Å². The van der Waals surface area contributed by atoms with Gasteiger partial charge in [-0.3, -0.25) is 9.69 Å².